The molecule has 0 spiro atoms. The maximum absolute atomic E-state index is 13.3. The summed E-state index contributed by atoms with van der Waals surface area (Å²) in [7, 11) is 0. The van der Waals surface area contributed by atoms with E-state index in [2.05, 4.69) is 9.98 Å². The highest BCUT2D eigenvalue weighted by Gasteiger charge is 2.38. The number of benzene rings is 2. The van der Waals surface area contributed by atoms with Crippen molar-refractivity contribution in [2.45, 2.75) is 39.5 Å². The minimum Gasteiger partial charge on any atom is -0.461 e. The summed E-state index contributed by atoms with van der Waals surface area (Å²) < 4.78 is 45.2. The molecule has 4 aromatic rings. The number of carbonyl (C=O) groups is 1. The first-order valence-electron chi connectivity index (χ1n) is 11.6. The Labute approximate surface area is 218 Å². The second-order valence-electron chi connectivity index (χ2n) is 8.45. The molecule has 13 heteroatoms. The van der Waals surface area contributed by atoms with Crippen LogP contribution < -0.4 is 22.3 Å². The number of aryl methyl sites for hydroxylation is 2. The van der Waals surface area contributed by atoms with Crippen LogP contribution in [0.25, 0.3) is 11.0 Å². The minimum absolute atomic E-state index is 0.0203. The number of fused-ring (bicyclic) bond motifs is 1. The number of nitrogens with one attached hydrogen (secondary N) is 2. The van der Waals surface area contributed by atoms with E-state index in [1.807, 2.05) is 13.8 Å². The van der Waals surface area contributed by atoms with Gasteiger partial charge in [0.2, 0.25) is 5.62 Å². The van der Waals surface area contributed by atoms with E-state index in [4.69, 9.17) is 16.0 Å². The van der Waals surface area contributed by atoms with E-state index in [1.165, 1.54) is 4.57 Å². The zero-order chi connectivity index (χ0) is 27.6. The van der Waals surface area contributed by atoms with Gasteiger partial charge >= 0.3 is 23.5 Å². The van der Waals surface area contributed by atoms with E-state index in [1.54, 1.807) is 47.8 Å². The van der Waals surface area contributed by atoms with E-state index in [-0.39, 0.29) is 12.2 Å². The molecule has 0 aliphatic carbocycles. The monoisotopic (exact) mass is 549 g/mol. The normalized spacial score (nSPS) is 12.3. The summed E-state index contributed by atoms with van der Waals surface area (Å²) in [5.41, 5.74) is 0.954. The Morgan fingerprint density at radius 1 is 1.13 bits per heavy atom. The molecule has 2 aromatic carbocycles. The Bertz CT molecular complexity index is 1680. The van der Waals surface area contributed by atoms with E-state index in [0.29, 0.717) is 32.8 Å². The number of aromatic amines is 1. The zero-order valence-electron chi connectivity index (χ0n) is 20.4. The van der Waals surface area contributed by atoms with Gasteiger partial charge in [-0.05, 0) is 48.4 Å². The van der Waals surface area contributed by atoms with Crippen molar-refractivity contribution >= 4 is 34.2 Å². The molecule has 0 fully saturated rings. The van der Waals surface area contributed by atoms with Gasteiger partial charge in [-0.1, -0.05) is 30.7 Å². The highest BCUT2D eigenvalue weighted by Crippen LogP contribution is 2.29. The van der Waals surface area contributed by atoms with Crippen LogP contribution in [-0.2, 0) is 24.3 Å². The number of furan rings is 1. The molecule has 2 N–H and O–H groups in total. The molecule has 9 nitrogen and oxygen atoms in total. The van der Waals surface area contributed by atoms with E-state index in [0.717, 1.165) is 16.7 Å². The first-order chi connectivity index (χ1) is 18.0. The molecule has 38 heavy (non-hydrogen) atoms. The maximum Gasteiger partial charge on any atom is 0.471 e. The van der Waals surface area contributed by atoms with Gasteiger partial charge < -0.3 is 9.73 Å². The number of amides is 1. The molecular weight excluding hydrogens is 527 g/mol. The molecule has 4 rings (SSSR count). The van der Waals surface area contributed by atoms with Crippen molar-refractivity contribution in [2.75, 3.05) is 6.54 Å². The molecule has 0 atom stereocenters. The molecule has 0 unspecified atom stereocenters. The number of nitrogens with zero attached hydrogens (tertiary/aromatic N) is 3. The van der Waals surface area contributed by atoms with Crippen molar-refractivity contribution in [3.05, 3.63) is 91.0 Å². The largest absolute Gasteiger partial charge is 0.471 e. The average Bonchev–Trinajstić information content (AvgIpc) is 3.19. The van der Waals surface area contributed by atoms with Crippen LogP contribution in [-0.4, -0.2) is 32.7 Å². The quantitative estimate of drug-likeness (QED) is 0.367. The van der Waals surface area contributed by atoms with Gasteiger partial charge in [0.1, 0.15) is 11.3 Å². The number of hydrogen-bond acceptors (Lipinski definition) is 5. The van der Waals surface area contributed by atoms with Crippen LogP contribution in [0.1, 0.15) is 23.8 Å². The van der Waals surface area contributed by atoms with Crippen molar-refractivity contribution in [3.8, 4) is 0 Å². The topological polar surface area (TPSA) is 114 Å². The molecule has 0 saturated carbocycles. The lowest BCUT2D eigenvalue weighted by atomic mass is 10.1. The lowest BCUT2D eigenvalue weighted by Crippen LogP contribution is -2.51. The SMILES string of the molecule is CCc1oc2ccc(/N=c3\[nH]c(=O)n(CCNC(=O)C(F)(F)F)c(=O)n3Cc3ccc(Cl)cc3)cc2c1C. The third-order valence-electron chi connectivity index (χ3n) is 5.89. The highest BCUT2D eigenvalue weighted by molar-refractivity contribution is 6.30. The number of hydrogen-bond donors (Lipinski definition) is 2. The zero-order valence-corrected chi connectivity index (χ0v) is 21.1. The van der Waals surface area contributed by atoms with Crippen molar-refractivity contribution in [1.82, 2.24) is 19.4 Å². The summed E-state index contributed by atoms with van der Waals surface area (Å²) in [5.74, 6) is -1.33. The molecule has 0 radical (unpaired) electrons. The predicted octanol–water partition coefficient (Wildman–Crippen LogP) is 3.57. The minimum atomic E-state index is -5.08. The maximum atomic E-state index is 13.3. The average molecular weight is 550 g/mol. The van der Waals surface area contributed by atoms with Gasteiger partial charge in [-0.25, -0.2) is 19.1 Å². The lowest BCUT2D eigenvalue weighted by molar-refractivity contribution is -0.173. The number of alkyl halides is 3. The van der Waals surface area contributed by atoms with E-state index < -0.39 is 36.6 Å². The number of halogens is 4. The van der Waals surface area contributed by atoms with Gasteiger partial charge in [0.15, 0.2) is 0 Å². The number of carbonyl (C=O) groups excluding carboxylic acids is 1. The fourth-order valence-electron chi connectivity index (χ4n) is 3.92. The first kappa shape index (κ1) is 27.0. The molecule has 0 saturated heterocycles. The summed E-state index contributed by atoms with van der Waals surface area (Å²) in [5, 5.41) is 2.97. The molecule has 1 amide bonds. The Morgan fingerprint density at radius 2 is 1.84 bits per heavy atom. The Morgan fingerprint density at radius 3 is 2.50 bits per heavy atom. The van der Waals surface area contributed by atoms with Crippen molar-refractivity contribution < 1.29 is 22.4 Å². The molecule has 0 aliphatic heterocycles. The molecule has 0 bridgehead atoms. The van der Waals surface area contributed by atoms with Crippen LogP contribution >= 0.6 is 11.6 Å². The first-order valence-corrected chi connectivity index (χ1v) is 12.0. The van der Waals surface area contributed by atoms with Crippen molar-refractivity contribution in [3.63, 3.8) is 0 Å². The van der Waals surface area contributed by atoms with Crippen LogP contribution in [0, 0.1) is 6.92 Å². The molecular formula is C25H23ClF3N5O4. The third kappa shape index (κ3) is 5.75. The standard InChI is InChI=1S/C25H23ClF3N5O4/c1-3-19-14(2)18-12-17(8-9-20(18)38-19)31-22-32-23(36)33(11-10-30-21(35)25(27,28)29)24(37)34(22)13-15-4-6-16(26)7-5-15/h4-9,12H,3,10-11,13H2,1-2H3,(H,30,35)(H,31,32,36). The van der Waals surface area contributed by atoms with Crippen LogP contribution in [0.3, 0.4) is 0 Å². The van der Waals surface area contributed by atoms with Gasteiger partial charge in [-0.3, -0.25) is 14.3 Å². The highest BCUT2D eigenvalue weighted by atomic mass is 35.5. The summed E-state index contributed by atoms with van der Waals surface area (Å²) in [4.78, 5) is 44.2. The van der Waals surface area contributed by atoms with Gasteiger partial charge in [-0.15, -0.1) is 0 Å². The smallest absolute Gasteiger partial charge is 0.461 e. The molecule has 2 aromatic heterocycles. The summed E-state index contributed by atoms with van der Waals surface area (Å²) >= 11 is 5.96. The fourth-order valence-corrected chi connectivity index (χ4v) is 4.05. The van der Waals surface area contributed by atoms with Gasteiger partial charge in [0, 0.05) is 29.9 Å². The molecule has 2 heterocycles. The van der Waals surface area contributed by atoms with E-state index >= 15 is 0 Å². The Balaban J connectivity index is 1.79. The van der Waals surface area contributed by atoms with Gasteiger partial charge in [0.25, 0.3) is 0 Å². The predicted molar refractivity (Wildman–Crippen MR) is 134 cm³/mol. The Hall–Kier alpha value is -4.06. The third-order valence-corrected chi connectivity index (χ3v) is 6.14. The second-order valence-corrected chi connectivity index (χ2v) is 8.89. The summed E-state index contributed by atoms with van der Waals surface area (Å²) in [6.45, 7) is 2.80. The number of rotatable bonds is 7. The van der Waals surface area contributed by atoms with Crippen molar-refractivity contribution in [2.24, 2.45) is 4.99 Å². The molecule has 0 aliphatic rings. The summed E-state index contributed by atoms with van der Waals surface area (Å²) in [6, 6.07) is 11.8. The van der Waals surface area contributed by atoms with Crippen LogP contribution in [0.4, 0.5) is 18.9 Å². The summed E-state index contributed by atoms with van der Waals surface area (Å²) in [6.07, 6.45) is -4.37. The van der Waals surface area contributed by atoms with Gasteiger partial charge in [-0.2, -0.15) is 13.2 Å². The van der Waals surface area contributed by atoms with Crippen molar-refractivity contribution in [1.29, 1.82) is 0 Å². The lowest BCUT2D eigenvalue weighted by Gasteiger charge is -2.12. The van der Waals surface area contributed by atoms with Crippen LogP contribution in [0.2, 0.25) is 5.02 Å². The Kier molecular flexibility index (Phi) is 7.63. The fraction of sp³-hybridized carbons (Fsp3) is 0.280. The molecule has 200 valence electrons. The van der Waals surface area contributed by atoms with Gasteiger partial charge in [0.05, 0.1) is 12.2 Å². The van der Waals surface area contributed by atoms with E-state index in [9.17, 15) is 27.6 Å². The second kappa shape index (κ2) is 10.7. The van der Waals surface area contributed by atoms with Crippen LogP contribution in [0.5, 0.6) is 0 Å². The van der Waals surface area contributed by atoms with Crippen LogP contribution in [0.15, 0.2) is 61.5 Å². The number of aromatic nitrogens is 3. The number of H-pyrrole nitrogens is 1.